The molecule has 0 fully saturated rings. The predicted octanol–water partition coefficient (Wildman–Crippen LogP) is 1.59. The van der Waals surface area contributed by atoms with Crippen LogP contribution in [-0.2, 0) is 5.41 Å². The molecule has 13 heavy (non-hydrogen) atoms. The normalized spacial score (nSPS) is 11.6. The minimum Gasteiger partial charge on any atom is -0.477 e. The molecule has 4 heteroatoms. The van der Waals surface area contributed by atoms with Crippen molar-refractivity contribution in [2.24, 2.45) is 0 Å². The molecule has 0 spiro atoms. The van der Waals surface area contributed by atoms with Crippen LogP contribution in [0.25, 0.3) is 0 Å². The van der Waals surface area contributed by atoms with Crippen LogP contribution in [-0.4, -0.2) is 16.1 Å². The van der Waals surface area contributed by atoms with Crippen LogP contribution in [0.5, 0.6) is 0 Å². The summed E-state index contributed by atoms with van der Waals surface area (Å²) < 4.78 is 0. The summed E-state index contributed by atoms with van der Waals surface area (Å²) in [5, 5.41) is 8.73. The number of carboxylic acids is 1. The first-order valence-electron chi connectivity index (χ1n) is 4.04. The number of nitrogen functional groups attached to an aromatic ring is 1. The Morgan fingerprint density at radius 1 is 1.54 bits per heavy atom. The summed E-state index contributed by atoms with van der Waals surface area (Å²) in [7, 11) is 0. The van der Waals surface area contributed by atoms with Crippen molar-refractivity contribution < 1.29 is 9.90 Å². The second kappa shape index (κ2) is 2.80. The first-order valence-corrected chi connectivity index (χ1v) is 4.04. The van der Waals surface area contributed by atoms with Crippen molar-refractivity contribution in [1.29, 1.82) is 0 Å². The lowest BCUT2D eigenvalue weighted by molar-refractivity contribution is 0.0692. The van der Waals surface area contributed by atoms with E-state index in [0.29, 0.717) is 0 Å². The van der Waals surface area contributed by atoms with E-state index in [1.807, 2.05) is 20.8 Å². The molecule has 1 heterocycles. The van der Waals surface area contributed by atoms with E-state index >= 15 is 0 Å². The van der Waals surface area contributed by atoms with Gasteiger partial charge in [-0.15, -0.1) is 0 Å². The van der Waals surface area contributed by atoms with Gasteiger partial charge in [-0.2, -0.15) is 0 Å². The van der Waals surface area contributed by atoms with Crippen LogP contribution in [0, 0.1) is 0 Å². The summed E-state index contributed by atoms with van der Waals surface area (Å²) in [6, 6.07) is 1.67. The molecule has 1 aromatic heterocycles. The number of hydrogen-bond donors (Lipinski definition) is 3. The van der Waals surface area contributed by atoms with Gasteiger partial charge >= 0.3 is 5.97 Å². The summed E-state index contributed by atoms with van der Waals surface area (Å²) in [5.41, 5.74) is 6.62. The molecule has 0 aliphatic rings. The molecule has 0 aromatic carbocycles. The minimum absolute atomic E-state index is 0.0740. The van der Waals surface area contributed by atoms with Crippen molar-refractivity contribution in [3.8, 4) is 0 Å². The second-order valence-electron chi connectivity index (χ2n) is 4.07. The smallest absolute Gasteiger partial charge is 0.354 e. The van der Waals surface area contributed by atoms with E-state index < -0.39 is 5.97 Å². The third-order valence-electron chi connectivity index (χ3n) is 1.87. The minimum atomic E-state index is -1.02. The van der Waals surface area contributed by atoms with E-state index in [0.717, 1.165) is 5.69 Å². The number of rotatable bonds is 1. The Kier molecular flexibility index (Phi) is 2.07. The van der Waals surface area contributed by atoms with Gasteiger partial charge in [-0.25, -0.2) is 4.79 Å². The summed E-state index contributed by atoms with van der Waals surface area (Å²) in [4.78, 5) is 13.4. The number of hydrogen-bond acceptors (Lipinski definition) is 2. The van der Waals surface area contributed by atoms with Crippen molar-refractivity contribution in [2.45, 2.75) is 26.2 Å². The fourth-order valence-electron chi connectivity index (χ4n) is 1.05. The van der Waals surface area contributed by atoms with E-state index in [4.69, 9.17) is 10.8 Å². The quantitative estimate of drug-likeness (QED) is 0.617. The monoisotopic (exact) mass is 182 g/mol. The van der Waals surface area contributed by atoms with Crippen LogP contribution in [0.1, 0.15) is 37.0 Å². The zero-order chi connectivity index (χ0) is 10.2. The summed E-state index contributed by atoms with van der Waals surface area (Å²) in [5.74, 6) is -1.02. The number of aromatic nitrogens is 1. The molecule has 0 saturated heterocycles. The van der Waals surface area contributed by atoms with Crippen LogP contribution in [0.2, 0.25) is 0 Å². The zero-order valence-electron chi connectivity index (χ0n) is 8.01. The first-order chi connectivity index (χ1) is 5.82. The molecule has 0 unspecified atom stereocenters. The number of H-pyrrole nitrogens is 1. The van der Waals surface area contributed by atoms with Crippen LogP contribution in [0.3, 0.4) is 0 Å². The zero-order valence-corrected chi connectivity index (χ0v) is 8.01. The van der Waals surface area contributed by atoms with Gasteiger partial charge in [0.1, 0.15) is 5.69 Å². The number of carbonyl (C=O) groups is 1. The van der Waals surface area contributed by atoms with Gasteiger partial charge in [0, 0.05) is 11.1 Å². The maximum atomic E-state index is 10.7. The number of carboxylic acid groups (broad SMARTS) is 1. The number of nitrogens with two attached hydrogens (primary N) is 1. The molecule has 4 nitrogen and oxygen atoms in total. The lowest BCUT2D eigenvalue weighted by Gasteiger charge is -2.15. The van der Waals surface area contributed by atoms with Crippen molar-refractivity contribution in [3.63, 3.8) is 0 Å². The first kappa shape index (κ1) is 9.64. The molecule has 1 rings (SSSR count). The predicted molar refractivity (Wildman–Crippen MR) is 50.9 cm³/mol. The van der Waals surface area contributed by atoms with E-state index in [1.54, 1.807) is 6.07 Å². The molecule has 0 atom stereocenters. The highest BCUT2D eigenvalue weighted by molar-refractivity contribution is 5.91. The number of nitrogens with one attached hydrogen (secondary N) is 1. The molecule has 4 N–H and O–H groups in total. The van der Waals surface area contributed by atoms with E-state index in [-0.39, 0.29) is 16.8 Å². The molecule has 0 aliphatic carbocycles. The van der Waals surface area contributed by atoms with Crippen molar-refractivity contribution >= 4 is 11.7 Å². The Morgan fingerprint density at radius 3 is 2.31 bits per heavy atom. The largest absolute Gasteiger partial charge is 0.477 e. The molecular weight excluding hydrogens is 168 g/mol. The number of aromatic carboxylic acids is 1. The molecule has 0 aliphatic heterocycles. The summed E-state index contributed by atoms with van der Waals surface area (Å²) >= 11 is 0. The molecular formula is C9H14N2O2. The SMILES string of the molecule is CC(C)(C)c1cc(N)c(C(=O)O)[nH]1. The maximum absolute atomic E-state index is 10.7. The third-order valence-corrected chi connectivity index (χ3v) is 1.87. The Bertz CT molecular complexity index is 334. The van der Waals surface area contributed by atoms with Gasteiger partial charge < -0.3 is 15.8 Å². The van der Waals surface area contributed by atoms with Crippen LogP contribution in [0.4, 0.5) is 5.69 Å². The van der Waals surface area contributed by atoms with Crippen LogP contribution in [0.15, 0.2) is 6.07 Å². The Balaban J connectivity index is 3.17. The van der Waals surface area contributed by atoms with E-state index in [1.165, 1.54) is 0 Å². The van der Waals surface area contributed by atoms with Crippen molar-refractivity contribution in [3.05, 3.63) is 17.5 Å². The molecule has 0 radical (unpaired) electrons. The third kappa shape index (κ3) is 1.83. The summed E-state index contributed by atoms with van der Waals surface area (Å²) in [6.45, 7) is 5.97. The molecule has 1 aromatic rings. The van der Waals surface area contributed by atoms with Gasteiger partial charge in [-0.05, 0) is 6.07 Å². The number of anilines is 1. The number of aromatic amines is 1. The van der Waals surface area contributed by atoms with Crippen molar-refractivity contribution in [1.82, 2.24) is 4.98 Å². The highest BCUT2D eigenvalue weighted by Gasteiger charge is 2.20. The second-order valence-corrected chi connectivity index (χ2v) is 4.07. The molecule has 0 amide bonds. The fraction of sp³-hybridized carbons (Fsp3) is 0.444. The fourth-order valence-corrected chi connectivity index (χ4v) is 1.05. The summed E-state index contributed by atoms with van der Waals surface area (Å²) in [6.07, 6.45) is 0. The lowest BCUT2D eigenvalue weighted by Crippen LogP contribution is -2.12. The van der Waals surface area contributed by atoms with Gasteiger partial charge in [0.05, 0.1) is 5.69 Å². The average molecular weight is 182 g/mol. The van der Waals surface area contributed by atoms with E-state index in [9.17, 15) is 4.79 Å². The highest BCUT2D eigenvalue weighted by atomic mass is 16.4. The van der Waals surface area contributed by atoms with E-state index in [2.05, 4.69) is 4.98 Å². The lowest BCUT2D eigenvalue weighted by atomic mass is 9.92. The standard InChI is InChI=1S/C9H14N2O2/c1-9(2,3)6-4-5(10)7(11-6)8(12)13/h4,11H,10H2,1-3H3,(H,12,13). The average Bonchev–Trinajstić information content (AvgIpc) is 2.29. The van der Waals surface area contributed by atoms with Gasteiger partial charge in [-0.1, -0.05) is 20.8 Å². The Labute approximate surface area is 76.8 Å². The molecule has 72 valence electrons. The highest BCUT2D eigenvalue weighted by Crippen LogP contribution is 2.25. The molecule has 0 saturated carbocycles. The Morgan fingerprint density at radius 2 is 2.08 bits per heavy atom. The van der Waals surface area contributed by atoms with Gasteiger partial charge in [-0.3, -0.25) is 0 Å². The topological polar surface area (TPSA) is 79.1 Å². The van der Waals surface area contributed by atoms with Gasteiger partial charge in [0.2, 0.25) is 0 Å². The van der Waals surface area contributed by atoms with Gasteiger partial charge in [0.15, 0.2) is 0 Å². The van der Waals surface area contributed by atoms with Crippen LogP contribution >= 0.6 is 0 Å². The van der Waals surface area contributed by atoms with Crippen LogP contribution < -0.4 is 5.73 Å². The van der Waals surface area contributed by atoms with Gasteiger partial charge in [0.25, 0.3) is 0 Å². The molecule has 0 bridgehead atoms. The Hall–Kier alpha value is -1.45. The van der Waals surface area contributed by atoms with Crippen molar-refractivity contribution in [2.75, 3.05) is 5.73 Å². The maximum Gasteiger partial charge on any atom is 0.354 e.